The Bertz CT molecular complexity index is 977. The van der Waals surface area contributed by atoms with E-state index >= 15 is 0 Å². The number of halogens is 1. The van der Waals surface area contributed by atoms with E-state index in [4.69, 9.17) is 0 Å². The lowest BCUT2D eigenvalue weighted by Crippen LogP contribution is -2.27. The van der Waals surface area contributed by atoms with Gasteiger partial charge in [0.2, 0.25) is 5.91 Å². The third kappa shape index (κ3) is 4.27. The van der Waals surface area contributed by atoms with Crippen molar-refractivity contribution in [2.75, 3.05) is 23.9 Å². The predicted octanol–water partition coefficient (Wildman–Crippen LogP) is 3.11. The molecule has 1 aliphatic heterocycles. The van der Waals surface area contributed by atoms with Gasteiger partial charge in [0.15, 0.2) is 5.78 Å². The van der Waals surface area contributed by atoms with Crippen molar-refractivity contribution in [3.63, 3.8) is 0 Å². The van der Waals surface area contributed by atoms with E-state index < -0.39 is 0 Å². The molecule has 0 saturated heterocycles. The van der Waals surface area contributed by atoms with Gasteiger partial charge in [-0.15, -0.1) is 0 Å². The standard InChI is InChI=1S/C22H21FN4O2/c1-26-18-5-3-4-6-19(18)27(2)22(26)17(13-24)20(28)11-12-21(29)25-14-15-7-9-16(23)10-8-15/h3-10H,11-12,14H2,1-2H3,(H,25,29). The molecule has 0 saturated carbocycles. The normalized spacial score (nSPS) is 12.4. The van der Waals surface area contributed by atoms with Gasteiger partial charge in [-0.05, 0) is 29.8 Å². The molecular weight excluding hydrogens is 371 g/mol. The second-order valence-corrected chi connectivity index (χ2v) is 6.74. The Morgan fingerprint density at radius 2 is 1.59 bits per heavy atom. The smallest absolute Gasteiger partial charge is 0.220 e. The quantitative estimate of drug-likeness (QED) is 0.604. The minimum absolute atomic E-state index is 0.0255. The number of allylic oxidation sites excluding steroid dienone is 1. The largest absolute Gasteiger partial charge is 0.352 e. The summed E-state index contributed by atoms with van der Waals surface area (Å²) in [4.78, 5) is 28.3. The molecule has 0 spiro atoms. The van der Waals surface area contributed by atoms with E-state index in [2.05, 4.69) is 5.32 Å². The lowest BCUT2D eigenvalue weighted by molar-refractivity contribution is -0.124. The van der Waals surface area contributed by atoms with Gasteiger partial charge in [0.05, 0.1) is 11.4 Å². The molecule has 1 heterocycles. The number of amides is 1. The van der Waals surface area contributed by atoms with Gasteiger partial charge in [-0.1, -0.05) is 24.3 Å². The topological polar surface area (TPSA) is 76.4 Å². The van der Waals surface area contributed by atoms with Crippen LogP contribution < -0.4 is 15.1 Å². The van der Waals surface area contributed by atoms with E-state index in [-0.39, 0.29) is 42.5 Å². The van der Waals surface area contributed by atoms with Crippen molar-refractivity contribution in [1.29, 1.82) is 5.26 Å². The molecule has 0 unspecified atom stereocenters. The number of fused-ring (bicyclic) bond motifs is 1. The number of carbonyl (C=O) groups excluding carboxylic acids is 2. The highest BCUT2D eigenvalue weighted by atomic mass is 19.1. The Labute approximate surface area is 168 Å². The summed E-state index contributed by atoms with van der Waals surface area (Å²) in [6.07, 6.45) is -0.0987. The lowest BCUT2D eigenvalue weighted by atomic mass is 10.1. The molecule has 0 radical (unpaired) electrons. The molecule has 0 aromatic heterocycles. The zero-order chi connectivity index (χ0) is 21.0. The average molecular weight is 392 g/mol. The van der Waals surface area contributed by atoms with E-state index in [1.807, 2.05) is 30.3 Å². The molecule has 0 bridgehead atoms. The van der Waals surface area contributed by atoms with Crippen molar-refractivity contribution in [3.8, 4) is 6.07 Å². The average Bonchev–Trinajstić information content (AvgIpc) is 2.98. The number of carbonyl (C=O) groups is 2. The summed E-state index contributed by atoms with van der Waals surface area (Å²) in [6.45, 7) is 0.250. The molecule has 29 heavy (non-hydrogen) atoms. The minimum atomic E-state index is -0.383. The predicted molar refractivity (Wildman–Crippen MR) is 108 cm³/mol. The third-order valence-electron chi connectivity index (χ3n) is 4.84. The highest BCUT2D eigenvalue weighted by Crippen LogP contribution is 2.40. The van der Waals surface area contributed by atoms with Crippen LogP contribution in [-0.4, -0.2) is 25.8 Å². The second-order valence-electron chi connectivity index (χ2n) is 6.74. The summed E-state index contributed by atoms with van der Waals surface area (Å²) in [6, 6.07) is 15.4. The fourth-order valence-electron chi connectivity index (χ4n) is 3.30. The molecular formula is C22H21FN4O2. The van der Waals surface area contributed by atoms with Crippen molar-refractivity contribution in [2.45, 2.75) is 19.4 Å². The first-order valence-corrected chi connectivity index (χ1v) is 9.17. The fourth-order valence-corrected chi connectivity index (χ4v) is 3.30. The SMILES string of the molecule is CN1C(=C(C#N)C(=O)CCC(=O)NCc2ccc(F)cc2)N(C)c2ccccc21. The van der Waals surface area contributed by atoms with Gasteiger partial charge in [-0.25, -0.2) is 4.39 Å². The highest BCUT2D eigenvalue weighted by molar-refractivity contribution is 6.03. The molecule has 0 atom stereocenters. The molecule has 148 valence electrons. The van der Waals surface area contributed by atoms with Gasteiger partial charge >= 0.3 is 0 Å². The van der Waals surface area contributed by atoms with Gasteiger partial charge in [-0.3, -0.25) is 9.59 Å². The minimum Gasteiger partial charge on any atom is -0.352 e. The Hall–Kier alpha value is -3.66. The summed E-state index contributed by atoms with van der Waals surface area (Å²) in [5.41, 5.74) is 2.60. The number of hydrogen-bond donors (Lipinski definition) is 1. The molecule has 7 heteroatoms. The van der Waals surface area contributed by atoms with E-state index in [0.29, 0.717) is 5.82 Å². The number of nitrogens with zero attached hydrogens (tertiary/aromatic N) is 3. The van der Waals surface area contributed by atoms with Crippen molar-refractivity contribution < 1.29 is 14.0 Å². The molecule has 1 aliphatic rings. The Morgan fingerprint density at radius 3 is 2.14 bits per heavy atom. The van der Waals surface area contributed by atoms with E-state index in [0.717, 1.165) is 16.9 Å². The van der Waals surface area contributed by atoms with Crippen LogP contribution in [0.1, 0.15) is 18.4 Å². The van der Waals surface area contributed by atoms with Crippen LogP contribution in [0.5, 0.6) is 0 Å². The Balaban J connectivity index is 1.63. The Kier molecular flexibility index (Phi) is 5.93. The zero-order valence-corrected chi connectivity index (χ0v) is 16.3. The first kappa shape index (κ1) is 20.1. The van der Waals surface area contributed by atoms with Crippen molar-refractivity contribution >= 4 is 23.1 Å². The molecule has 6 nitrogen and oxygen atoms in total. The molecule has 0 fully saturated rings. The summed E-state index contributed by atoms with van der Waals surface area (Å²) >= 11 is 0. The van der Waals surface area contributed by atoms with Crippen LogP contribution in [0.2, 0.25) is 0 Å². The van der Waals surface area contributed by atoms with E-state index in [1.165, 1.54) is 12.1 Å². The fraction of sp³-hybridized carbons (Fsp3) is 0.227. The summed E-state index contributed by atoms with van der Waals surface area (Å²) in [5, 5.41) is 12.3. The number of anilines is 2. The van der Waals surface area contributed by atoms with Gasteiger partial charge in [0.1, 0.15) is 23.3 Å². The number of rotatable bonds is 6. The number of nitriles is 1. The molecule has 0 aliphatic carbocycles. The number of para-hydroxylation sites is 2. The maximum Gasteiger partial charge on any atom is 0.220 e. The van der Waals surface area contributed by atoms with Gasteiger partial charge in [0.25, 0.3) is 0 Å². The van der Waals surface area contributed by atoms with Crippen LogP contribution >= 0.6 is 0 Å². The first-order valence-electron chi connectivity index (χ1n) is 9.17. The van der Waals surface area contributed by atoms with Crippen molar-refractivity contribution in [1.82, 2.24) is 5.32 Å². The molecule has 3 rings (SSSR count). The zero-order valence-electron chi connectivity index (χ0n) is 16.3. The van der Waals surface area contributed by atoms with Gasteiger partial charge in [-0.2, -0.15) is 5.26 Å². The number of nitrogens with one attached hydrogen (secondary N) is 1. The van der Waals surface area contributed by atoms with Crippen molar-refractivity contribution in [3.05, 3.63) is 71.3 Å². The third-order valence-corrected chi connectivity index (χ3v) is 4.84. The number of benzene rings is 2. The molecule has 1 amide bonds. The second kappa shape index (κ2) is 8.57. The van der Waals surface area contributed by atoms with Crippen LogP contribution in [0.3, 0.4) is 0 Å². The number of ketones is 1. The monoisotopic (exact) mass is 392 g/mol. The highest BCUT2D eigenvalue weighted by Gasteiger charge is 2.31. The van der Waals surface area contributed by atoms with Gasteiger partial charge < -0.3 is 15.1 Å². The maximum atomic E-state index is 12.9. The molecule has 2 aromatic rings. The summed E-state index contributed by atoms with van der Waals surface area (Å²) in [5.74, 6) is -0.524. The first-order chi connectivity index (χ1) is 13.9. The van der Waals surface area contributed by atoms with E-state index in [1.54, 1.807) is 36.0 Å². The Morgan fingerprint density at radius 1 is 1.00 bits per heavy atom. The number of Topliss-reactive ketones (excluding diaryl/α,β-unsaturated/α-hetero) is 1. The van der Waals surface area contributed by atoms with Crippen LogP contribution in [0.15, 0.2) is 59.9 Å². The molecule has 1 N–H and O–H groups in total. The van der Waals surface area contributed by atoms with E-state index in [9.17, 15) is 19.2 Å². The molecule has 2 aromatic carbocycles. The number of hydrogen-bond acceptors (Lipinski definition) is 5. The maximum absolute atomic E-state index is 12.9. The summed E-state index contributed by atoms with van der Waals surface area (Å²) in [7, 11) is 3.61. The summed E-state index contributed by atoms with van der Waals surface area (Å²) < 4.78 is 12.9. The van der Waals surface area contributed by atoms with Gasteiger partial charge in [0, 0.05) is 33.5 Å². The lowest BCUT2D eigenvalue weighted by Gasteiger charge is -2.19. The van der Waals surface area contributed by atoms with Crippen molar-refractivity contribution in [2.24, 2.45) is 0 Å². The van der Waals surface area contributed by atoms with Crippen LogP contribution in [0, 0.1) is 17.1 Å². The van der Waals surface area contributed by atoms with Crippen LogP contribution in [-0.2, 0) is 16.1 Å². The van der Waals surface area contributed by atoms with Crippen LogP contribution in [0.25, 0.3) is 0 Å². The van der Waals surface area contributed by atoms with Crippen LogP contribution in [0.4, 0.5) is 15.8 Å².